The van der Waals surface area contributed by atoms with E-state index < -0.39 is 0 Å². The van der Waals surface area contributed by atoms with Crippen molar-refractivity contribution in [2.75, 3.05) is 0 Å². The van der Waals surface area contributed by atoms with Crippen LogP contribution in [0.5, 0.6) is 0 Å². The van der Waals surface area contributed by atoms with Crippen LogP contribution in [0.3, 0.4) is 0 Å². The zero-order valence-corrected chi connectivity index (χ0v) is 8.65. The number of fused-ring (bicyclic) bond motifs is 1. The maximum atomic E-state index is 5.54. The smallest absolute Gasteiger partial charge is 0.114 e. The Hall–Kier alpha value is -0.450. The molecule has 2 aromatic rings. The molecule has 2 rings (SSSR count). The fraction of sp³-hybridized carbons (Fsp3) is 0.125. The molecule has 0 saturated carbocycles. The van der Waals surface area contributed by atoms with Crippen LogP contribution in [0.4, 0.5) is 0 Å². The molecule has 0 radical (unpaired) electrons. The van der Waals surface area contributed by atoms with Crippen molar-refractivity contribution < 1.29 is 0 Å². The molecule has 0 aromatic carbocycles. The molecular weight excluding hydrogens is 236 g/mol. The average molecular weight is 243 g/mol. The highest BCUT2D eigenvalue weighted by Gasteiger charge is 2.03. The quantitative estimate of drug-likeness (QED) is 0.781. The number of hydrogen-bond donors (Lipinski definition) is 1. The number of nitrogens with zero attached hydrogens (tertiary/aromatic N) is 1. The molecule has 2 N–H and O–H groups in total. The Labute approximate surface area is 82.5 Å². The van der Waals surface area contributed by atoms with Gasteiger partial charge in [-0.05, 0) is 28.1 Å². The summed E-state index contributed by atoms with van der Waals surface area (Å²) in [6.45, 7) is 0.603. The van der Waals surface area contributed by atoms with Gasteiger partial charge < -0.3 is 5.73 Å². The highest BCUT2D eigenvalue weighted by molar-refractivity contribution is 9.10. The van der Waals surface area contributed by atoms with Gasteiger partial charge in [-0.1, -0.05) is 0 Å². The third-order valence-electron chi connectivity index (χ3n) is 1.65. The monoisotopic (exact) mass is 242 g/mol. The van der Waals surface area contributed by atoms with E-state index in [4.69, 9.17) is 5.73 Å². The Kier molecular flexibility index (Phi) is 2.12. The van der Waals surface area contributed by atoms with E-state index in [2.05, 4.69) is 27.0 Å². The fourth-order valence-corrected chi connectivity index (χ4v) is 2.60. The number of nitrogens with two attached hydrogens (primary N) is 1. The summed E-state index contributed by atoms with van der Waals surface area (Å²) in [5.41, 5.74) is 5.54. The largest absolute Gasteiger partial charge is 0.326 e. The number of thiophene rings is 1. The zero-order valence-electron chi connectivity index (χ0n) is 6.25. The molecule has 2 heterocycles. The van der Waals surface area contributed by atoms with Crippen LogP contribution in [0.15, 0.2) is 22.9 Å². The Balaban J connectivity index is 2.74. The lowest BCUT2D eigenvalue weighted by molar-refractivity contribution is 1.11. The van der Waals surface area contributed by atoms with Crippen LogP contribution in [0.1, 0.15) is 4.88 Å². The Morgan fingerprint density at radius 1 is 1.58 bits per heavy atom. The Bertz CT molecular complexity index is 410. The average Bonchev–Trinajstić information content (AvgIpc) is 2.49. The van der Waals surface area contributed by atoms with Crippen LogP contribution in [0.2, 0.25) is 0 Å². The summed E-state index contributed by atoms with van der Waals surface area (Å²) in [5.74, 6) is 0. The molecule has 12 heavy (non-hydrogen) atoms. The van der Waals surface area contributed by atoms with Gasteiger partial charge in [-0.3, -0.25) is 0 Å². The molecule has 62 valence electrons. The number of pyridine rings is 1. The van der Waals surface area contributed by atoms with Crippen molar-refractivity contribution in [3.8, 4) is 0 Å². The SMILES string of the molecule is NCc1cc2c(Br)nccc2s1. The van der Waals surface area contributed by atoms with Gasteiger partial charge in [-0.25, -0.2) is 4.98 Å². The van der Waals surface area contributed by atoms with Crippen molar-refractivity contribution in [2.24, 2.45) is 5.73 Å². The molecule has 2 nitrogen and oxygen atoms in total. The summed E-state index contributed by atoms with van der Waals surface area (Å²) in [4.78, 5) is 5.33. The molecule has 0 fully saturated rings. The van der Waals surface area contributed by atoms with Crippen molar-refractivity contribution >= 4 is 37.4 Å². The van der Waals surface area contributed by atoms with E-state index in [1.165, 1.54) is 9.58 Å². The van der Waals surface area contributed by atoms with E-state index in [-0.39, 0.29) is 0 Å². The summed E-state index contributed by atoms with van der Waals surface area (Å²) in [6, 6.07) is 4.08. The van der Waals surface area contributed by atoms with Gasteiger partial charge in [-0.2, -0.15) is 0 Å². The molecule has 2 aromatic heterocycles. The summed E-state index contributed by atoms with van der Waals surface area (Å²) < 4.78 is 2.13. The molecule has 0 aliphatic carbocycles. The summed E-state index contributed by atoms with van der Waals surface area (Å²) in [7, 11) is 0. The van der Waals surface area contributed by atoms with Gasteiger partial charge in [0, 0.05) is 27.7 Å². The van der Waals surface area contributed by atoms with Crippen LogP contribution < -0.4 is 5.73 Å². The first-order chi connectivity index (χ1) is 5.81. The first kappa shape index (κ1) is 8.16. The van der Waals surface area contributed by atoms with Crippen molar-refractivity contribution in [3.63, 3.8) is 0 Å². The summed E-state index contributed by atoms with van der Waals surface area (Å²) in [6.07, 6.45) is 1.79. The molecule has 0 bridgehead atoms. The number of aromatic nitrogens is 1. The molecule has 0 atom stereocenters. The molecule has 0 amide bonds. The van der Waals surface area contributed by atoms with Gasteiger partial charge >= 0.3 is 0 Å². The lowest BCUT2D eigenvalue weighted by Gasteiger charge is -1.89. The topological polar surface area (TPSA) is 38.9 Å². The summed E-state index contributed by atoms with van der Waals surface area (Å²) >= 11 is 5.11. The van der Waals surface area contributed by atoms with Crippen molar-refractivity contribution in [1.82, 2.24) is 4.98 Å². The van der Waals surface area contributed by atoms with Crippen LogP contribution in [0.25, 0.3) is 10.1 Å². The first-order valence-corrected chi connectivity index (χ1v) is 5.15. The van der Waals surface area contributed by atoms with E-state index in [0.717, 1.165) is 9.99 Å². The highest BCUT2D eigenvalue weighted by atomic mass is 79.9. The van der Waals surface area contributed by atoms with Crippen LogP contribution in [-0.4, -0.2) is 4.98 Å². The van der Waals surface area contributed by atoms with Gasteiger partial charge in [0.25, 0.3) is 0 Å². The first-order valence-electron chi connectivity index (χ1n) is 3.54. The normalized spacial score (nSPS) is 10.8. The van der Waals surface area contributed by atoms with E-state index in [0.29, 0.717) is 6.54 Å². The molecule has 0 unspecified atom stereocenters. The second kappa shape index (κ2) is 3.12. The third kappa shape index (κ3) is 1.26. The molecule has 4 heteroatoms. The predicted octanol–water partition coefficient (Wildman–Crippen LogP) is 2.52. The van der Waals surface area contributed by atoms with Gasteiger partial charge in [0.15, 0.2) is 0 Å². The van der Waals surface area contributed by atoms with Crippen molar-refractivity contribution in [2.45, 2.75) is 6.54 Å². The zero-order chi connectivity index (χ0) is 8.55. The molecule has 0 aliphatic heterocycles. The maximum absolute atomic E-state index is 5.54. The van der Waals surface area contributed by atoms with E-state index in [9.17, 15) is 0 Å². The minimum absolute atomic E-state index is 0.603. The molecule has 0 spiro atoms. The Morgan fingerprint density at radius 3 is 3.08 bits per heavy atom. The van der Waals surface area contributed by atoms with E-state index in [1.807, 2.05) is 6.07 Å². The van der Waals surface area contributed by atoms with Crippen LogP contribution >= 0.6 is 27.3 Å². The summed E-state index contributed by atoms with van der Waals surface area (Å²) in [5, 5.41) is 1.16. The van der Waals surface area contributed by atoms with Crippen LogP contribution in [0, 0.1) is 0 Å². The third-order valence-corrected chi connectivity index (χ3v) is 3.40. The van der Waals surface area contributed by atoms with Crippen LogP contribution in [-0.2, 0) is 6.54 Å². The van der Waals surface area contributed by atoms with Gasteiger partial charge in [-0.15, -0.1) is 11.3 Å². The minimum Gasteiger partial charge on any atom is -0.326 e. The van der Waals surface area contributed by atoms with E-state index >= 15 is 0 Å². The molecular formula is C8H7BrN2S. The lowest BCUT2D eigenvalue weighted by atomic mass is 10.3. The fourth-order valence-electron chi connectivity index (χ4n) is 1.08. The molecule has 0 aliphatic rings. The lowest BCUT2D eigenvalue weighted by Crippen LogP contribution is -1.91. The second-order valence-corrected chi connectivity index (χ2v) is 4.35. The van der Waals surface area contributed by atoms with Gasteiger partial charge in [0.1, 0.15) is 4.60 Å². The van der Waals surface area contributed by atoms with Crippen molar-refractivity contribution in [1.29, 1.82) is 0 Å². The molecule has 0 saturated heterocycles. The van der Waals surface area contributed by atoms with Gasteiger partial charge in [0.05, 0.1) is 0 Å². The minimum atomic E-state index is 0.603. The Morgan fingerprint density at radius 2 is 2.42 bits per heavy atom. The van der Waals surface area contributed by atoms with E-state index in [1.54, 1.807) is 17.5 Å². The van der Waals surface area contributed by atoms with Crippen molar-refractivity contribution in [3.05, 3.63) is 27.8 Å². The predicted molar refractivity (Wildman–Crippen MR) is 55.2 cm³/mol. The highest BCUT2D eigenvalue weighted by Crippen LogP contribution is 2.29. The number of halogens is 1. The van der Waals surface area contributed by atoms with Gasteiger partial charge in [0.2, 0.25) is 0 Å². The maximum Gasteiger partial charge on any atom is 0.114 e. The second-order valence-electron chi connectivity index (χ2n) is 2.43. The number of rotatable bonds is 1. The standard InChI is InChI=1S/C8H7BrN2S/c9-8-6-3-5(4-10)12-7(6)1-2-11-8/h1-3H,4,10H2. The number of hydrogen-bond acceptors (Lipinski definition) is 3.